The predicted octanol–water partition coefficient (Wildman–Crippen LogP) is 3.43. The lowest BCUT2D eigenvalue weighted by atomic mass is 10.2. The van der Waals surface area contributed by atoms with Gasteiger partial charge in [-0.15, -0.1) is 0 Å². The Morgan fingerprint density at radius 3 is 2.68 bits per heavy atom. The Kier molecular flexibility index (Phi) is 9.80. The molecule has 0 amide bonds. The summed E-state index contributed by atoms with van der Waals surface area (Å²) in [4.78, 5) is 11.7. The number of rotatable bonds is 11. The molecular formula is C16H26NO4P. The topological polar surface area (TPSA) is 67.8 Å². The van der Waals surface area contributed by atoms with Crippen LogP contribution in [0.25, 0.3) is 0 Å². The lowest BCUT2D eigenvalue weighted by Crippen LogP contribution is -2.27. The zero-order chi connectivity index (χ0) is 16.2. The maximum absolute atomic E-state index is 11.7. The largest absolute Gasteiger partial charge is 0.466 e. The van der Waals surface area contributed by atoms with Gasteiger partial charge >= 0.3 is 5.97 Å². The van der Waals surface area contributed by atoms with Crippen LogP contribution in [-0.2, 0) is 9.53 Å². The van der Waals surface area contributed by atoms with Gasteiger partial charge < -0.3 is 14.4 Å². The summed E-state index contributed by atoms with van der Waals surface area (Å²) in [5, 5.41) is 12.5. The molecule has 0 aromatic heterocycles. The van der Waals surface area contributed by atoms with E-state index in [-0.39, 0.29) is 24.8 Å². The first-order valence-corrected chi connectivity index (χ1v) is 9.13. The monoisotopic (exact) mass is 327 g/mol. The van der Waals surface area contributed by atoms with Gasteiger partial charge in [-0.1, -0.05) is 38.0 Å². The third-order valence-electron chi connectivity index (χ3n) is 2.94. The Morgan fingerprint density at radius 1 is 1.32 bits per heavy atom. The number of ether oxygens (including phenoxy) is 1. The summed E-state index contributed by atoms with van der Waals surface area (Å²) in [7, 11) is -1.23. The Bertz CT molecular complexity index is 416. The highest BCUT2D eigenvalue weighted by Gasteiger charge is 2.17. The van der Waals surface area contributed by atoms with Crippen LogP contribution in [0.15, 0.2) is 30.3 Å². The van der Waals surface area contributed by atoms with E-state index in [2.05, 4.69) is 12.0 Å². The molecule has 0 saturated carbocycles. The van der Waals surface area contributed by atoms with Crippen molar-refractivity contribution in [2.75, 3.05) is 13.0 Å². The fraction of sp³-hybridized carbons (Fsp3) is 0.562. The quantitative estimate of drug-likeness (QED) is 0.370. The first-order valence-electron chi connectivity index (χ1n) is 7.69. The third-order valence-corrected chi connectivity index (χ3v) is 4.35. The fourth-order valence-electron chi connectivity index (χ4n) is 1.84. The Balaban J connectivity index is 2.29. The zero-order valence-electron chi connectivity index (χ0n) is 13.3. The number of aliphatic hydroxyl groups is 1. The molecule has 5 nitrogen and oxygen atoms in total. The molecule has 0 spiro atoms. The molecule has 22 heavy (non-hydrogen) atoms. The number of nitrogens with one attached hydrogen (secondary N) is 1. The van der Waals surface area contributed by atoms with Gasteiger partial charge in [-0.2, -0.15) is 0 Å². The van der Waals surface area contributed by atoms with Crippen molar-refractivity contribution < 1.29 is 19.2 Å². The minimum absolute atomic E-state index is 0.111. The molecule has 0 saturated heterocycles. The van der Waals surface area contributed by atoms with E-state index in [1.54, 1.807) is 0 Å². The van der Waals surface area contributed by atoms with Crippen molar-refractivity contribution in [3.8, 4) is 5.75 Å². The van der Waals surface area contributed by atoms with Gasteiger partial charge in [-0.3, -0.25) is 9.88 Å². The van der Waals surface area contributed by atoms with Crippen LogP contribution in [0.1, 0.15) is 39.5 Å². The lowest BCUT2D eigenvalue weighted by Gasteiger charge is -2.21. The molecule has 0 aliphatic carbocycles. The second-order valence-corrected chi connectivity index (χ2v) is 6.57. The van der Waals surface area contributed by atoms with E-state index in [1.807, 2.05) is 37.3 Å². The highest BCUT2D eigenvalue weighted by molar-refractivity contribution is 7.50. The molecule has 0 bridgehead atoms. The number of unbranched alkanes of at least 4 members (excludes halogenated alkanes) is 2. The number of carbonyl (C=O) groups excluding carboxylic acids is 1. The van der Waals surface area contributed by atoms with Gasteiger partial charge in [-0.05, 0) is 25.5 Å². The molecule has 2 unspecified atom stereocenters. The normalized spacial score (nSPS) is 13.4. The lowest BCUT2D eigenvalue weighted by molar-refractivity contribution is -0.144. The summed E-state index contributed by atoms with van der Waals surface area (Å²) in [6, 6.07) is 9.20. The smallest absolute Gasteiger partial charge is 0.307 e. The van der Waals surface area contributed by atoms with Crippen molar-refractivity contribution >= 4 is 14.3 Å². The van der Waals surface area contributed by atoms with E-state index in [4.69, 9.17) is 9.26 Å². The van der Waals surface area contributed by atoms with Crippen LogP contribution in [0.2, 0.25) is 0 Å². The van der Waals surface area contributed by atoms with Gasteiger partial charge in [0.1, 0.15) is 12.1 Å². The number of hydrogen-bond donors (Lipinski definition) is 2. The van der Waals surface area contributed by atoms with Gasteiger partial charge in [0.15, 0.2) is 8.30 Å². The molecule has 0 radical (unpaired) electrons. The SMILES string of the molecule is CCCCCOC(=O)CC(C)NP(CO)Oc1ccccc1. The Labute approximate surface area is 133 Å². The van der Waals surface area contributed by atoms with Gasteiger partial charge in [-0.25, -0.2) is 0 Å². The highest BCUT2D eigenvalue weighted by Crippen LogP contribution is 2.33. The summed E-state index contributed by atoms with van der Waals surface area (Å²) in [6.45, 7) is 4.47. The van der Waals surface area contributed by atoms with Crippen molar-refractivity contribution in [3.05, 3.63) is 30.3 Å². The van der Waals surface area contributed by atoms with Gasteiger partial charge in [0, 0.05) is 6.04 Å². The zero-order valence-corrected chi connectivity index (χ0v) is 14.2. The minimum atomic E-state index is -1.23. The van der Waals surface area contributed by atoms with E-state index < -0.39 is 8.30 Å². The van der Waals surface area contributed by atoms with Crippen LogP contribution in [0.4, 0.5) is 0 Å². The number of para-hydroxylation sites is 1. The van der Waals surface area contributed by atoms with Crippen LogP contribution in [0, 0.1) is 0 Å². The van der Waals surface area contributed by atoms with Crippen molar-refractivity contribution in [2.45, 2.75) is 45.6 Å². The summed E-state index contributed by atoms with van der Waals surface area (Å²) in [5.41, 5.74) is 0. The maximum atomic E-state index is 11.7. The van der Waals surface area contributed by atoms with Crippen molar-refractivity contribution in [3.63, 3.8) is 0 Å². The van der Waals surface area contributed by atoms with E-state index in [0.29, 0.717) is 12.4 Å². The molecule has 0 aliphatic rings. The molecule has 2 atom stereocenters. The number of esters is 1. The number of carbonyl (C=O) groups is 1. The highest BCUT2D eigenvalue weighted by atomic mass is 31.2. The second-order valence-electron chi connectivity index (χ2n) is 5.09. The molecule has 0 heterocycles. The van der Waals surface area contributed by atoms with E-state index in [0.717, 1.165) is 19.3 Å². The third kappa shape index (κ3) is 8.32. The molecule has 124 valence electrons. The second kappa shape index (κ2) is 11.4. The van der Waals surface area contributed by atoms with E-state index >= 15 is 0 Å². The molecule has 0 aliphatic heterocycles. The predicted molar refractivity (Wildman–Crippen MR) is 88.8 cm³/mol. The number of aliphatic hydroxyl groups excluding tert-OH is 1. The average Bonchev–Trinajstić information content (AvgIpc) is 2.52. The van der Waals surface area contributed by atoms with Crippen molar-refractivity contribution in [2.24, 2.45) is 0 Å². The number of hydrogen-bond acceptors (Lipinski definition) is 5. The van der Waals surface area contributed by atoms with Crippen LogP contribution in [-0.4, -0.2) is 30.1 Å². The van der Waals surface area contributed by atoms with Crippen LogP contribution in [0.3, 0.4) is 0 Å². The summed E-state index contributed by atoms with van der Waals surface area (Å²) < 4.78 is 10.9. The molecule has 0 fully saturated rings. The molecule has 1 aromatic rings. The van der Waals surface area contributed by atoms with E-state index in [1.165, 1.54) is 0 Å². The van der Waals surface area contributed by atoms with Gasteiger partial charge in [0.25, 0.3) is 0 Å². The Morgan fingerprint density at radius 2 is 2.05 bits per heavy atom. The van der Waals surface area contributed by atoms with Gasteiger partial charge in [0.2, 0.25) is 0 Å². The standard InChI is InChI=1S/C16H26NO4P/c1-3-4-8-11-20-16(19)12-14(2)17-22(13-18)21-15-9-6-5-7-10-15/h5-7,9-10,14,17-18H,3-4,8,11-13H2,1-2H3. The van der Waals surface area contributed by atoms with Crippen molar-refractivity contribution in [1.29, 1.82) is 0 Å². The van der Waals surface area contributed by atoms with E-state index in [9.17, 15) is 9.90 Å². The van der Waals surface area contributed by atoms with Crippen LogP contribution < -0.4 is 9.61 Å². The fourth-order valence-corrected chi connectivity index (χ4v) is 2.99. The van der Waals surface area contributed by atoms with Crippen molar-refractivity contribution in [1.82, 2.24) is 5.09 Å². The average molecular weight is 327 g/mol. The summed E-state index contributed by atoms with van der Waals surface area (Å²) in [5.74, 6) is 0.480. The molecular weight excluding hydrogens is 301 g/mol. The molecule has 2 N–H and O–H groups in total. The minimum Gasteiger partial charge on any atom is -0.466 e. The Hall–Kier alpha value is -1.16. The maximum Gasteiger partial charge on any atom is 0.307 e. The molecule has 6 heteroatoms. The summed E-state index contributed by atoms with van der Waals surface area (Å²) in [6.07, 6.45) is 3.24. The van der Waals surface area contributed by atoms with Crippen LogP contribution in [0.5, 0.6) is 5.75 Å². The van der Waals surface area contributed by atoms with Gasteiger partial charge in [0.05, 0.1) is 13.0 Å². The number of benzene rings is 1. The first-order chi connectivity index (χ1) is 10.7. The molecule has 1 rings (SSSR count). The molecule has 1 aromatic carbocycles. The van der Waals surface area contributed by atoms with Crippen LogP contribution >= 0.6 is 8.30 Å². The first kappa shape index (κ1) is 18.9. The summed E-state index contributed by atoms with van der Waals surface area (Å²) >= 11 is 0.